The number of aromatic nitrogens is 2. The maximum Gasteiger partial charge on any atom is 0.115 e. The molecule has 3 nitrogen and oxygen atoms in total. The number of nitrogens with one attached hydrogen (secondary N) is 1. The number of aryl methyl sites for hydroxylation is 1. The molecule has 0 aliphatic rings. The Morgan fingerprint density at radius 3 is 2.50 bits per heavy atom. The zero-order valence-corrected chi connectivity index (χ0v) is 10.9. The van der Waals surface area contributed by atoms with Crippen LogP contribution in [0.15, 0.2) is 43.0 Å². The van der Waals surface area contributed by atoms with Crippen molar-refractivity contribution in [3.05, 3.63) is 59.7 Å². The molecule has 0 radical (unpaired) electrons. The number of hydrogen-bond donors (Lipinski definition) is 1. The van der Waals surface area contributed by atoms with Gasteiger partial charge in [-0.05, 0) is 24.1 Å². The minimum atomic E-state index is 0.173. The number of nitrogens with zero attached hydrogens (tertiary/aromatic N) is 2. The predicted molar refractivity (Wildman–Crippen MR) is 73.4 cm³/mol. The van der Waals surface area contributed by atoms with Crippen molar-refractivity contribution in [1.82, 2.24) is 15.3 Å². The van der Waals surface area contributed by atoms with Crippen LogP contribution < -0.4 is 5.32 Å². The van der Waals surface area contributed by atoms with E-state index in [0.717, 1.165) is 18.5 Å². The smallest absolute Gasteiger partial charge is 0.115 e. The van der Waals surface area contributed by atoms with E-state index in [0.29, 0.717) is 0 Å². The highest BCUT2D eigenvalue weighted by atomic mass is 14.9. The van der Waals surface area contributed by atoms with Crippen molar-refractivity contribution in [2.45, 2.75) is 26.3 Å². The van der Waals surface area contributed by atoms with Gasteiger partial charge in [-0.25, -0.2) is 9.97 Å². The number of rotatable bonds is 5. The summed E-state index contributed by atoms with van der Waals surface area (Å²) in [5.74, 6) is 0. The van der Waals surface area contributed by atoms with Gasteiger partial charge in [0.2, 0.25) is 0 Å². The molecule has 0 saturated carbocycles. The topological polar surface area (TPSA) is 37.8 Å². The van der Waals surface area contributed by atoms with Crippen LogP contribution in [0, 0.1) is 0 Å². The second-order valence-corrected chi connectivity index (χ2v) is 4.21. The van der Waals surface area contributed by atoms with Gasteiger partial charge < -0.3 is 5.32 Å². The predicted octanol–water partition coefficient (Wildman–Crippen LogP) is 2.74. The van der Waals surface area contributed by atoms with Crippen molar-refractivity contribution in [3.63, 3.8) is 0 Å². The van der Waals surface area contributed by atoms with Gasteiger partial charge >= 0.3 is 0 Å². The normalized spacial score (nSPS) is 12.3. The van der Waals surface area contributed by atoms with Crippen LogP contribution in [0.4, 0.5) is 0 Å². The second kappa shape index (κ2) is 6.26. The maximum absolute atomic E-state index is 4.12. The minimum absolute atomic E-state index is 0.173. The van der Waals surface area contributed by atoms with Crippen molar-refractivity contribution in [1.29, 1.82) is 0 Å². The lowest BCUT2D eigenvalue weighted by Gasteiger charge is -2.20. The van der Waals surface area contributed by atoms with Crippen molar-refractivity contribution >= 4 is 0 Å². The van der Waals surface area contributed by atoms with Gasteiger partial charge in [-0.1, -0.05) is 38.1 Å². The first kappa shape index (κ1) is 12.7. The molecule has 94 valence electrons. The zero-order chi connectivity index (χ0) is 12.8. The van der Waals surface area contributed by atoms with Crippen LogP contribution in [0.25, 0.3) is 0 Å². The van der Waals surface area contributed by atoms with Crippen molar-refractivity contribution in [2.24, 2.45) is 0 Å². The average molecular weight is 241 g/mol. The summed E-state index contributed by atoms with van der Waals surface area (Å²) < 4.78 is 0. The largest absolute Gasteiger partial charge is 0.306 e. The van der Waals surface area contributed by atoms with Gasteiger partial charge in [-0.3, -0.25) is 0 Å². The van der Waals surface area contributed by atoms with Crippen molar-refractivity contribution < 1.29 is 0 Å². The first-order valence-corrected chi connectivity index (χ1v) is 6.42. The van der Waals surface area contributed by atoms with Crippen LogP contribution in [0.1, 0.15) is 36.6 Å². The Balaban J connectivity index is 2.41. The van der Waals surface area contributed by atoms with Gasteiger partial charge in [0.15, 0.2) is 0 Å². The Morgan fingerprint density at radius 1 is 1.11 bits per heavy atom. The molecule has 2 aromatic rings. The van der Waals surface area contributed by atoms with E-state index >= 15 is 0 Å². The van der Waals surface area contributed by atoms with E-state index in [-0.39, 0.29) is 6.04 Å². The first-order chi connectivity index (χ1) is 8.86. The highest BCUT2D eigenvalue weighted by Crippen LogP contribution is 2.24. The molecule has 2 rings (SSSR count). The first-order valence-electron chi connectivity index (χ1n) is 6.42. The van der Waals surface area contributed by atoms with Crippen LogP contribution >= 0.6 is 0 Å². The standard InChI is InChI=1S/C15H19N3/c1-3-12-7-5-6-8-14(12)15(18-4-2)13-9-16-11-17-10-13/h5-11,15,18H,3-4H2,1-2H3. The molecule has 1 aromatic heterocycles. The third-order valence-corrected chi connectivity index (χ3v) is 3.07. The van der Waals surface area contributed by atoms with E-state index in [4.69, 9.17) is 0 Å². The molecule has 3 heteroatoms. The third-order valence-electron chi connectivity index (χ3n) is 3.07. The highest BCUT2D eigenvalue weighted by molar-refractivity contribution is 5.35. The van der Waals surface area contributed by atoms with Crippen LogP contribution in [0.3, 0.4) is 0 Å². The summed E-state index contributed by atoms with van der Waals surface area (Å²) in [6.45, 7) is 5.21. The molecule has 18 heavy (non-hydrogen) atoms. The van der Waals surface area contributed by atoms with Gasteiger partial charge in [0.25, 0.3) is 0 Å². The third kappa shape index (κ3) is 2.74. The molecule has 0 bridgehead atoms. The average Bonchev–Trinajstić information content (AvgIpc) is 2.46. The van der Waals surface area contributed by atoms with E-state index in [1.165, 1.54) is 11.1 Å². The molecule has 0 aliphatic carbocycles. The van der Waals surface area contributed by atoms with Crippen LogP contribution in [-0.2, 0) is 6.42 Å². The molecule has 1 aromatic carbocycles. The number of hydrogen-bond acceptors (Lipinski definition) is 3. The lowest BCUT2D eigenvalue weighted by Crippen LogP contribution is -2.23. The van der Waals surface area contributed by atoms with E-state index in [1.54, 1.807) is 6.33 Å². The molecule has 0 saturated heterocycles. The van der Waals surface area contributed by atoms with Crippen LogP contribution in [0.5, 0.6) is 0 Å². The Kier molecular flexibility index (Phi) is 4.42. The fourth-order valence-electron chi connectivity index (χ4n) is 2.21. The Bertz CT molecular complexity index is 482. The van der Waals surface area contributed by atoms with Gasteiger partial charge in [0.1, 0.15) is 6.33 Å². The van der Waals surface area contributed by atoms with Crippen molar-refractivity contribution in [2.75, 3.05) is 6.54 Å². The summed E-state index contributed by atoms with van der Waals surface area (Å²) in [4.78, 5) is 8.24. The van der Waals surface area contributed by atoms with E-state index in [2.05, 4.69) is 53.4 Å². The second-order valence-electron chi connectivity index (χ2n) is 4.21. The molecule has 0 aliphatic heterocycles. The molecular weight excluding hydrogens is 222 g/mol. The van der Waals surface area contributed by atoms with Crippen LogP contribution in [-0.4, -0.2) is 16.5 Å². The molecular formula is C15H19N3. The molecule has 1 atom stereocenters. The molecule has 0 amide bonds. The number of benzene rings is 1. The lowest BCUT2D eigenvalue weighted by atomic mass is 9.95. The Morgan fingerprint density at radius 2 is 1.83 bits per heavy atom. The fourth-order valence-corrected chi connectivity index (χ4v) is 2.21. The van der Waals surface area contributed by atoms with Crippen LogP contribution in [0.2, 0.25) is 0 Å². The monoisotopic (exact) mass is 241 g/mol. The quantitative estimate of drug-likeness (QED) is 0.874. The molecule has 1 heterocycles. The summed E-state index contributed by atoms with van der Waals surface area (Å²) in [6, 6.07) is 8.71. The Labute approximate surface area is 108 Å². The molecule has 0 fully saturated rings. The lowest BCUT2D eigenvalue weighted by molar-refractivity contribution is 0.621. The Hall–Kier alpha value is -1.74. The fraction of sp³-hybridized carbons (Fsp3) is 0.333. The molecule has 1 unspecified atom stereocenters. The van der Waals surface area contributed by atoms with Gasteiger partial charge in [0, 0.05) is 18.0 Å². The van der Waals surface area contributed by atoms with E-state index in [9.17, 15) is 0 Å². The maximum atomic E-state index is 4.12. The summed E-state index contributed by atoms with van der Waals surface area (Å²) in [5, 5.41) is 3.51. The summed E-state index contributed by atoms with van der Waals surface area (Å²) in [5.41, 5.74) is 3.80. The van der Waals surface area contributed by atoms with Gasteiger partial charge in [-0.2, -0.15) is 0 Å². The summed E-state index contributed by atoms with van der Waals surface area (Å²) in [7, 11) is 0. The van der Waals surface area contributed by atoms with Gasteiger partial charge in [-0.15, -0.1) is 0 Å². The highest BCUT2D eigenvalue weighted by Gasteiger charge is 2.15. The zero-order valence-electron chi connectivity index (χ0n) is 10.9. The minimum Gasteiger partial charge on any atom is -0.306 e. The van der Waals surface area contributed by atoms with E-state index in [1.807, 2.05) is 12.4 Å². The molecule has 0 spiro atoms. The van der Waals surface area contributed by atoms with Crippen molar-refractivity contribution in [3.8, 4) is 0 Å². The summed E-state index contributed by atoms with van der Waals surface area (Å²) >= 11 is 0. The molecule has 1 N–H and O–H groups in total. The SMILES string of the molecule is CCNC(c1cncnc1)c1ccccc1CC. The van der Waals surface area contributed by atoms with E-state index < -0.39 is 0 Å². The summed E-state index contributed by atoms with van der Waals surface area (Å²) in [6.07, 6.45) is 6.36. The van der Waals surface area contributed by atoms with Gasteiger partial charge in [0.05, 0.1) is 6.04 Å².